The SMILES string of the molecule is C=CC1(C)CCOC(C)(C)C1=O. The molecule has 1 atom stereocenters. The largest absolute Gasteiger partial charge is 0.368 e. The van der Waals surface area contributed by atoms with E-state index in [4.69, 9.17) is 4.74 Å². The Morgan fingerprint density at radius 1 is 1.50 bits per heavy atom. The summed E-state index contributed by atoms with van der Waals surface area (Å²) in [5.74, 6) is 0.135. The lowest BCUT2D eigenvalue weighted by atomic mass is 9.74. The fourth-order valence-electron chi connectivity index (χ4n) is 1.58. The lowest BCUT2D eigenvalue weighted by Crippen LogP contribution is -2.49. The van der Waals surface area contributed by atoms with Crippen LogP contribution in [0, 0.1) is 5.41 Å². The van der Waals surface area contributed by atoms with Crippen molar-refractivity contribution >= 4 is 5.78 Å². The fourth-order valence-corrected chi connectivity index (χ4v) is 1.58. The predicted molar refractivity (Wildman–Crippen MR) is 48.0 cm³/mol. The molecule has 0 bridgehead atoms. The zero-order valence-electron chi connectivity index (χ0n) is 8.02. The maximum Gasteiger partial charge on any atom is 0.173 e. The van der Waals surface area contributed by atoms with E-state index in [2.05, 4.69) is 6.58 Å². The first kappa shape index (κ1) is 9.46. The minimum atomic E-state index is -0.638. The minimum Gasteiger partial charge on any atom is -0.368 e. The van der Waals surface area contributed by atoms with Crippen LogP contribution in [-0.4, -0.2) is 18.0 Å². The molecule has 1 rings (SSSR count). The van der Waals surface area contributed by atoms with Crippen LogP contribution in [0.2, 0.25) is 0 Å². The highest BCUT2D eigenvalue weighted by Gasteiger charge is 2.44. The molecule has 1 aliphatic rings. The van der Waals surface area contributed by atoms with Gasteiger partial charge in [-0.05, 0) is 27.2 Å². The summed E-state index contributed by atoms with van der Waals surface area (Å²) >= 11 is 0. The molecule has 1 unspecified atom stereocenters. The first-order valence-corrected chi connectivity index (χ1v) is 4.25. The van der Waals surface area contributed by atoms with E-state index < -0.39 is 5.60 Å². The molecular weight excluding hydrogens is 152 g/mol. The molecule has 2 nitrogen and oxygen atoms in total. The summed E-state index contributed by atoms with van der Waals surface area (Å²) in [4.78, 5) is 11.8. The van der Waals surface area contributed by atoms with Crippen LogP contribution in [0.5, 0.6) is 0 Å². The van der Waals surface area contributed by atoms with Crippen LogP contribution in [0.1, 0.15) is 27.2 Å². The molecule has 1 heterocycles. The molecule has 0 aliphatic carbocycles. The molecule has 1 aliphatic heterocycles. The van der Waals surface area contributed by atoms with Gasteiger partial charge in [-0.15, -0.1) is 6.58 Å². The van der Waals surface area contributed by atoms with E-state index in [1.165, 1.54) is 0 Å². The lowest BCUT2D eigenvalue weighted by Gasteiger charge is -2.39. The fraction of sp³-hybridized carbons (Fsp3) is 0.700. The molecule has 0 aromatic rings. The molecule has 1 fully saturated rings. The van der Waals surface area contributed by atoms with Crippen LogP contribution in [0.25, 0.3) is 0 Å². The predicted octanol–water partition coefficient (Wildman–Crippen LogP) is 1.95. The van der Waals surface area contributed by atoms with Gasteiger partial charge >= 0.3 is 0 Å². The van der Waals surface area contributed by atoms with Crippen LogP contribution in [0.4, 0.5) is 0 Å². The summed E-state index contributed by atoms with van der Waals surface area (Å²) in [6, 6.07) is 0. The van der Waals surface area contributed by atoms with Gasteiger partial charge in [0.2, 0.25) is 0 Å². The first-order chi connectivity index (χ1) is 5.42. The minimum absolute atomic E-state index is 0.135. The third-order valence-electron chi connectivity index (χ3n) is 2.60. The molecule has 12 heavy (non-hydrogen) atoms. The van der Waals surface area contributed by atoms with Crippen LogP contribution >= 0.6 is 0 Å². The second-order valence-electron chi connectivity index (χ2n) is 4.06. The molecule has 0 amide bonds. The number of hydrogen-bond donors (Lipinski definition) is 0. The van der Waals surface area contributed by atoms with Crippen LogP contribution in [0.3, 0.4) is 0 Å². The highest BCUT2D eigenvalue weighted by Crippen LogP contribution is 2.35. The third-order valence-corrected chi connectivity index (χ3v) is 2.60. The lowest BCUT2D eigenvalue weighted by molar-refractivity contribution is -0.158. The summed E-state index contributed by atoms with van der Waals surface area (Å²) in [6.45, 7) is 9.89. The van der Waals surface area contributed by atoms with Crippen molar-refractivity contribution in [1.29, 1.82) is 0 Å². The maximum atomic E-state index is 11.8. The standard InChI is InChI=1S/C10H16O2/c1-5-10(4)6-7-12-9(2,3)8(10)11/h5H,1,6-7H2,2-4H3. The molecule has 68 valence electrons. The van der Waals surface area contributed by atoms with Gasteiger partial charge in [0.15, 0.2) is 5.78 Å². The van der Waals surface area contributed by atoms with Gasteiger partial charge in [-0.2, -0.15) is 0 Å². The molecule has 0 aromatic carbocycles. The highest BCUT2D eigenvalue weighted by atomic mass is 16.5. The number of carbonyl (C=O) groups is 1. The number of rotatable bonds is 1. The molecular formula is C10H16O2. The second-order valence-corrected chi connectivity index (χ2v) is 4.06. The van der Waals surface area contributed by atoms with Crippen LogP contribution in [-0.2, 0) is 9.53 Å². The molecule has 0 radical (unpaired) electrons. The van der Waals surface area contributed by atoms with E-state index in [0.29, 0.717) is 6.61 Å². The highest BCUT2D eigenvalue weighted by molar-refractivity contribution is 5.93. The van der Waals surface area contributed by atoms with Gasteiger partial charge < -0.3 is 4.74 Å². The monoisotopic (exact) mass is 168 g/mol. The molecule has 0 saturated carbocycles. The van der Waals surface area contributed by atoms with Crippen molar-refractivity contribution in [3.05, 3.63) is 12.7 Å². The Kier molecular flexibility index (Phi) is 2.13. The number of carbonyl (C=O) groups excluding carboxylic acids is 1. The Morgan fingerprint density at radius 3 is 2.50 bits per heavy atom. The summed E-state index contributed by atoms with van der Waals surface area (Å²) in [6.07, 6.45) is 2.48. The topological polar surface area (TPSA) is 26.3 Å². The van der Waals surface area contributed by atoms with Gasteiger partial charge in [0, 0.05) is 12.0 Å². The second kappa shape index (κ2) is 2.70. The Labute approximate surface area is 73.6 Å². The van der Waals surface area contributed by atoms with Crippen molar-refractivity contribution in [2.45, 2.75) is 32.8 Å². The third kappa shape index (κ3) is 1.31. The molecule has 0 aromatic heterocycles. The van der Waals surface area contributed by atoms with Crippen LogP contribution < -0.4 is 0 Å². The molecule has 0 spiro atoms. The number of ether oxygens (including phenoxy) is 1. The summed E-state index contributed by atoms with van der Waals surface area (Å²) in [5.41, 5.74) is -1.02. The summed E-state index contributed by atoms with van der Waals surface area (Å²) in [5, 5.41) is 0. The van der Waals surface area contributed by atoms with E-state index in [-0.39, 0.29) is 11.2 Å². The van der Waals surface area contributed by atoms with Crippen molar-refractivity contribution < 1.29 is 9.53 Å². The van der Waals surface area contributed by atoms with Crippen molar-refractivity contribution in [1.82, 2.24) is 0 Å². The van der Waals surface area contributed by atoms with Gasteiger partial charge in [-0.25, -0.2) is 0 Å². The van der Waals surface area contributed by atoms with Gasteiger partial charge in [0.1, 0.15) is 5.60 Å². The smallest absolute Gasteiger partial charge is 0.173 e. The van der Waals surface area contributed by atoms with E-state index in [9.17, 15) is 4.79 Å². The van der Waals surface area contributed by atoms with Crippen LogP contribution in [0.15, 0.2) is 12.7 Å². The number of Topliss-reactive ketones (excluding diaryl/α,β-unsaturated/α-hetero) is 1. The van der Waals surface area contributed by atoms with E-state index in [1.54, 1.807) is 6.08 Å². The van der Waals surface area contributed by atoms with Gasteiger partial charge in [0.05, 0.1) is 0 Å². The number of ketones is 1. The first-order valence-electron chi connectivity index (χ1n) is 4.25. The quantitative estimate of drug-likeness (QED) is 0.559. The van der Waals surface area contributed by atoms with Crippen molar-refractivity contribution in [3.63, 3.8) is 0 Å². The maximum absolute atomic E-state index is 11.8. The van der Waals surface area contributed by atoms with Crippen molar-refractivity contribution in [2.24, 2.45) is 5.41 Å². The van der Waals surface area contributed by atoms with Gasteiger partial charge in [-0.1, -0.05) is 6.08 Å². The van der Waals surface area contributed by atoms with Gasteiger partial charge in [0.25, 0.3) is 0 Å². The Balaban J connectivity index is 2.94. The zero-order chi connectivity index (χ0) is 9.41. The molecule has 0 N–H and O–H groups in total. The normalized spacial score (nSPS) is 34.8. The van der Waals surface area contributed by atoms with Gasteiger partial charge in [-0.3, -0.25) is 4.79 Å². The van der Waals surface area contributed by atoms with E-state index in [1.807, 2.05) is 20.8 Å². The van der Waals surface area contributed by atoms with Crippen molar-refractivity contribution in [3.8, 4) is 0 Å². The van der Waals surface area contributed by atoms with E-state index in [0.717, 1.165) is 6.42 Å². The van der Waals surface area contributed by atoms with E-state index >= 15 is 0 Å². The number of hydrogen-bond acceptors (Lipinski definition) is 2. The molecule has 2 heteroatoms. The average Bonchev–Trinajstić information content (AvgIpc) is 2.00. The Morgan fingerprint density at radius 2 is 2.08 bits per heavy atom. The Bertz CT molecular complexity index is 218. The molecule has 1 saturated heterocycles. The average molecular weight is 168 g/mol. The summed E-state index contributed by atoms with van der Waals surface area (Å²) in [7, 11) is 0. The summed E-state index contributed by atoms with van der Waals surface area (Å²) < 4.78 is 5.38. The van der Waals surface area contributed by atoms with Crippen molar-refractivity contribution in [2.75, 3.05) is 6.61 Å². The Hall–Kier alpha value is -0.630. The number of allylic oxidation sites excluding steroid dienone is 1. The zero-order valence-corrected chi connectivity index (χ0v) is 8.02.